The Morgan fingerprint density at radius 2 is 0.647 bits per heavy atom. The molecular formula is C25H62Cl2GeSi6. The molecule has 0 fully saturated rings. The molecule has 9 heteroatoms. The minimum Gasteiger partial charge on any atom is -0.173 e. The summed E-state index contributed by atoms with van der Waals surface area (Å²) in [6.45, 7) is 47.3. The largest absolute Gasteiger partial charge is 0.173 e. The van der Waals surface area contributed by atoms with E-state index in [0.29, 0.717) is 20.2 Å². The molecular weight excluding hydrogens is 612 g/mol. The van der Waals surface area contributed by atoms with Gasteiger partial charge in [-0.05, 0) is 25.8 Å². The van der Waals surface area contributed by atoms with Gasteiger partial charge in [-0.2, -0.15) is 22.2 Å². The van der Waals surface area contributed by atoms with Crippen LogP contribution in [0, 0.1) is 0 Å². The van der Waals surface area contributed by atoms with Crippen molar-refractivity contribution in [2.45, 2.75) is 161 Å². The molecule has 0 bridgehead atoms. The van der Waals surface area contributed by atoms with E-state index in [1.165, 1.54) is 5.67 Å². The Kier molecular flexibility index (Phi) is 20.3. The maximum absolute atomic E-state index is 6.93. The van der Waals surface area contributed by atoms with Crippen molar-refractivity contribution in [3.63, 3.8) is 0 Å². The van der Waals surface area contributed by atoms with E-state index in [0.717, 1.165) is 0 Å². The fourth-order valence-corrected chi connectivity index (χ4v) is 35.4. The van der Waals surface area contributed by atoms with Crippen LogP contribution < -0.4 is 0 Å². The van der Waals surface area contributed by atoms with E-state index in [4.69, 9.17) is 22.2 Å². The first kappa shape index (κ1) is 43.5. The van der Waals surface area contributed by atoms with E-state index in [9.17, 15) is 0 Å². The van der Waals surface area contributed by atoms with E-state index in [-0.39, 0.29) is 35.2 Å². The van der Waals surface area contributed by atoms with Gasteiger partial charge in [-0.3, -0.25) is 0 Å². The molecule has 0 aliphatic rings. The predicted octanol–water partition coefficient (Wildman–Crippen LogP) is 10.9. The second-order valence-electron chi connectivity index (χ2n) is 15.2. The number of halogens is 2. The Labute approximate surface area is 247 Å². The van der Waals surface area contributed by atoms with Gasteiger partial charge in [0.2, 0.25) is 0 Å². The smallest absolute Gasteiger partial charge is 0.152 e. The molecule has 8 radical (unpaired) electrons. The maximum atomic E-state index is 6.93. The van der Waals surface area contributed by atoms with Crippen LogP contribution >= 0.6 is 22.2 Å². The van der Waals surface area contributed by atoms with Crippen molar-refractivity contribution in [2.75, 3.05) is 0 Å². The minimum atomic E-state index is -1.38. The van der Waals surface area contributed by atoms with E-state index in [1.807, 2.05) is 0 Å². The molecule has 0 N–H and O–H groups in total. The molecule has 0 aromatic heterocycles. The molecule has 0 aliphatic heterocycles. The molecule has 0 unspecified atom stereocenters. The molecule has 0 atom stereocenters. The van der Waals surface area contributed by atoms with Crippen molar-refractivity contribution in [3.05, 3.63) is 0 Å². The fourth-order valence-electron chi connectivity index (χ4n) is 1.39. The van der Waals surface area contributed by atoms with Crippen LogP contribution in [0.5, 0.6) is 0 Å². The van der Waals surface area contributed by atoms with Crippen LogP contribution in [0.4, 0.5) is 0 Å². The van der Waals surface area contributed by atoms with Gasteiger partial charge in [0.15, 0.2) is 15.2 Å². The zero-order valence-corrected chi connectivity index (χ0v) is 36.6. The second kappa shape index (κ2) is 15.9. The number of hydrogen-bond acceptors (Lipinski definition) is 0. The van der Waals surface area contributed by atoms with Gasteiger partial charge in [0.05, 0.1) is 15.2 Å². The third kappa shape index (κ3) is 16.4. The van der Waals surface area contributed by atoms with Crippen molar-refractivity contribution in [1.82, 2.24) is 0 Å². The molecule has 0 saturated carbocycles. The summed E-state index contributed by atoms with van der Waals surface area (Å²) in [7, 11) is -4.47. The molecule has 0 rings (SSSR count). The average Bonchev–Trinajstić information content (AvgIpc) is 2.51. The van der Waals surface area contributed by atoms with E-state index < -0.39 is 30.4 Å². The van der Waals surface area contributed by atoms with Crippen LogP contribution in [0.2, 0.25) is 78.2 Å². The zero-order chi connectivity index (χ0) is 28.0. The van der Waals surface area contributed by atoms with E-state index in [2.05, 4.69) is 135 Å². The van der Waals surface area contributed by atoms with Crippen LogP contribution in [-0.4, -0.2) is 65.6 Å². The first-order valence-corrected chi connectivity index (χ1v) is 31.0. The van der Waals surface area contributed by atoms with Crippen LogP contribution in [0.15, 0.2) is 0 Å². The Bertz CT molecular complexity index is 492. The second-order valence-corrected chi connectivity index (χ2v) is 50.5. The number of hydrogen-bond donors (Lipinski definition) is 0. The number of rotatable bonds is 4. The molecule has 0 heterocycles. The summed E-state index contributed by atoms with van der Waals surface area (Å²) in [5.41, 5.74) is 1.17. The van der Waals surface area contributed by atoms with Crippen molar-refractivity contribution in [3.8, 4) is 0 Å². The first-order valence-electron chi connectivity index (χ1n) is 12.6. The van der Waals surface area contributed by atoms with Crippen molar-refractivity contribution in [1.29, 1.82) is 0 Å². The monoisotopic (exact) mass is 674 g/mol. The molecule has 0 aromatic carbocycles. The maximum Gasteiger partial charge on any atom is 0.152 e. The molecule has 34 heavy (non-hydrogen) atoms. The SMILES string of the molecule is CC(C)(C)[Si](C)(C)[Si](Cl)C[Si](Cl)[Si](C)(C)C(C)(C)C.C[Si](C)C(C)(C)C.C[Si](C)C(C)(C)C.[Ge]. The summed E-state index contributed by atoms with van der Waals surface area (Å²) in [6, 6.07) is 0. The van der Waals surface area contributed by atoms with E-state index in [1.54, 1.807) is 0 Å². The topological polar surface area (TPSA) is 0 Å². The summed E-state index contributed by atoms with van der Waals surface area (Å²) in [6.07, 6.45) is 0. The Morgan fingerprint density at radius 3 is 0.735 bits per heavy atom. The zero-order valence-electron chi connectivity index (χ0n) is 27.0. The Morgan fingerprint density at radius 1 is 0.500 bits per heavy atom. The molecule has 0 aliphatic carbocycles. The van der Waals surface area contributed by atoms with Gasteiger partial charge >= 0.3 is 0 Å². The molecule has 0 amide bonds. The van der Waals surface area contributed by atoms with Gasteiger partial charge in [0.1, 0.15) is 0 Å². The summed E-state index contributed by atoms with van der Waals surface area (Å²) in [5.74, 6) is 0. The normalized spacial score (nSPS) is 13.9. The summed E-state index contributed by atoms with van der Waals surface area (Å²) < 4.78 is 0. The third-order valence-corrected chi connectivity index (χ3v) is 53.8. The molecule has 204 valence electrons. The van der Waals surface area contributed by atoms with Gasteiger partial charge in [0, 0.05) is 35.2 Å². The van der Waals surface area contributed by atoms with Gasteiger partial charge in [0.25, 0.3) is 0 Å². The van der Waals surface area contributed by atoms with Gasteiger partial charge in [-0.1, -0.05) is 135 Å². The van der Waals surface area contributed by atoms with Crippen LogP contribution in [-0.2, 0) is 0 Å². The summed E-state index contributed by atoms with van der Waals surface area (Å²) in [5, 5.41) is 1.97. The summed E-state index contributed by atoms with van der Waals surface area (Å²) in [4.78, 5) is 0. The molecule has 0 saturated heterocycles. The Hall–Kier alpha value is 2.42. The van der Waals surface area contributed by atoms with Gasteiger partial charge in [-0.15, -0.1) is 0 Å². The van der Waals surface area contributed by atoms with Crippen molar-refractivity contribution >= 4 is 87.8 Å². The average molecular weight is 675 g/mol. The van der Waals surface area contributed by atoms with Gasteiger partial charge < -0.3 is 0 Å². The first-order chi connectivity index (χ1) is 13.9. The third-order valence-electron chi connectivity index (χ3n) is 8.42. The quantitative estimate of drug-likeness (QED) is 0.206. The van der Waals surface area contributed by atoms with Crippen molar-refractivity contribution in [2.24, 2.45) is 0 Å². The molecule has 0 spiro atoms. The van der Waals surface area contributed by atoms with Crippen LogP contribution in [0.1, 0.15) is 83.1 Å². The van der Waals surface area contributed by atoms with Gasteiger partial charge in [-0.25, -0.2) is 0 Å². The van der Waals surface area contributed by atoms with E-state index >= 15 is 0 Å². The minimum absolute atomic E-state index is 0. The van der Waals surface area contributed by atoms with Crippen LogP contribution in [0.25, 0.3) is 0 Å². The Balaban J connectivity index is -0.000000247. The van der Waals surface area contributed by atoms with Crippen molar-refractivity contribution < 1.29 is 0 Å². The predicted molar refractivity (Wildman–Crippen MR) is 183 cm³/mol. The summed E-state index contributed by atoms with van der Waals surface area (Å²) >= 11 is 13.9. The molecule has 0 aromatic rings. The molecule has 0 nitrogen and oxygen atoms in total. The fraction of sp³-hybridized carbons (Fsp3) is 1.00. The van der Waals surface area contributed by atoms with Crippen LogP contribution in [0.3, 0.4) is 0 Å². The standard InChI is InChI=1S/C13H32Cl2Si4.2C6H15Si.Ge/c1-12(2,3)18(7,8)16(14)11-17(15)19(9,10)13(4,5)6;2*1-6(2,3)7(4)5;/h11H2,1-10H3;2*1-5H3;.